The van der Waals surface area contributed by atoms with Gasteiger partial charge in [0.25, 0.3) is 0 Å². The molecule has 2 aromatic rings. The summed E-state index contributed by atoms with van der Waals surface area (Å²) in [6.07, 6.45) is 2.41. The lowest BCUT2D eigenvalue weighted by atomic mass is 10.1. The zero-order valence-corrected chi connectivity index (χ0v) is 12.5. The number of nitrogens with one attached hydrogen (secondary N) is 1. The zero-order chi connectivity index (χ0) is 14.1. The summed E-state index contributed by atoms with van der Waals surface area (Å²) in [6, 6.07) is 7.85. The molecule has 1 aromatic heterocycles. The Labute approximate surface area is 124 Å². The van der Waals surface area contributed by atoms with Gasteiger partial charge in [-0.25, -0.2) is 9.97 Å². The van der Waals surface area contributed by atoms with E-state index in [4.69, 9.17) is 16.6 Å². The molecule has 1 heterocycles. The van der Waals surface area contributed by atoms with Crippen molar-refractivity contribution < 1.29 is 0 Å². The van der Waals surface area contributed by atoms with E-state index >= 15 is 0 Å². The third-order valence-corrected chi connectivity index (χ3v) is 3.82. The minimum atomic E-state index is 0.541. The van der Waals surface area contributed by atoms with Crippen molar-refractivity contribution >= 4 is 17.4 Å². The third-order valence-electron chi connectivity index (χ3n) is 3.57. The average molecular weight is 288 g/mol. The van der Waals surface area contributed by atoms with Gasteiger partial charge in [-0.15, -0.1) is 0 Å². The molecule has 1 aliphatic carbocycles. The van der Waals surface area contributed by atoms with Gasteiger partial charge in [0.05, 0.1) is 5.69 Å². The molecule has 20 heavy (non-hydrogen) atoms. The van der Waals surface area contributed by atoms with Gasteiger partial charge in [-0.1, -0.05) is 23.7 Å². The predicted octanol–water partition coefficient (Wildman–Crippen LogP) is 4.41. The summed E-state index contributed by atoms with van der Waals surface area (Å²) in [5.74, 6) is 2.46. The second-order valence-electron chi connectivity index (χ2n) is 5.22. The van der Waals surface area contributed by atoms with Crippen molar-refractivity contribution in [2.24, 2.45) is 0 Å². The van der Waals surface area contributed by atoms with Crippen LogP contribution in [0, 0.1) is 6.92 Å². The Bertz CT molecular complexity index is 618. The highest BCUT2D eigenvalue weighted by Crippen LogP contribution is 2.40. The zero-order valence-electron chi connectivity index (χ0n) is 11.8. The lowest BCUT2D eigenvalue weighted by molar-refractivity contribution is 0.918. The summed E-state index contributed by atoms with van der Waals surface area (Å²) in [5, 5.41) is 4.09. The van der Waals surface area contributed by atoms with Crippen molar-refractivity contribution in [3.63, 3.8) is 0 Å². The van der Waals surface area contributed by atoms with Gasteiger partial charge in [0, 0.05) is 28.6 Å². The first-order valence-electron chi connectivity index (χ1n) is 7.07. The molecule has 1 N–H and O–H groups in total. The average Bonchev–Trinajstić information content (AvgIpc) is 3.27. The maximum absolute atomic E-state index is 5.97. The molecule has 0 bridgehead atoms. The number of rotatable bonds is 4. The first-order valence-corrected chi connectivity index (χ1v) is 7.45. The number of anilines is 1. The van der Waals surface area contributed by atoms with E-state index in [0.717, 1.165) is 40.0 Å². The number of aromatic nitrogens is 2. The monoisotopic (exact) mass is 287 g/mol. The van der Waals surface area contributed by atoms with Gasteiger partial charge >= 0.3 is 0 Å². The quantitative estimate of drug-likeness (QED) is 0.905. The van der Waals surface area contributed by atoms with Crippen molar-refractivity contribution in [3.05, 3.63) is 40.7 Å². The maximum atomic E-state index is 5.97. The Morgan fingerprint density at radius 3 is 2.50 bits per heavy atom. The molecule has 3 rings (SSSR count). The second-order valence-corrected chi connectivity index (χ2v) is 5.65. The van der Waals surface area contributed by atoms with E-state index in [9.17, 15) is 0 Å². The van der Waals surface area contributed by atoms with E-state index in [-0.39, 0.29) is 0 Å². The van der Waals surface area contributed by atoms with E-state index in [2.05, 4.69) is 24.1 Å². The van der Waals surface area contributed by atoms with Gasteiger partial charge in [-0.3, -0.25) is 0 Å². The van der Waals surface area contributed by atoms with Crippen LogP contribution in [0.1, 0.15) is 37.1 Å². The van der Waals surface area contributed by atoms with E-state index in [1.54, 1.807) is 0 Å². The normalized spacial score (nSPS) is 14.3. The first-order chi connectivity index (χ1) is 9.69. The lowest BCUT2D eigenvalue weighted by Gasteiger charge is -2.13. The van der Waals surface area contributed by atoms with Crippen LogP contribution in [0.4, 0.5) is 5.82 Å². The van der Waals surface area contributed by atoms with Crippen LogP contribution in [0.2, 0.25) is 5.02 Å². The first kappa shape index (κ1) is 13.4. The maximum Gasteiger partial charge on any atom is 0.134 e. The van der Waals surface area contributed by atoms with Gasteiger partial charge in [0.1, 0.15) is 11.6 Å². The van der Waals surface area contributed by atoms with E-state index in [1.807, 2.05) is 24.3 Å². The SMILES string of the molecule is CCNc1nc(C2CC2)nc(-c2ccc(Cl)cc2)c1C. The highest BCUT2D eigenvalue weighted by Gasteiger charge is 2.28. The smallest absolute Gasteiger partial charge is 0.134 e. The van der Waals surface area contributed by atoms with Gasteiger partial charge in [0.15, 0.2) is 0 Å². The lowest BCUT2D eigenvalue weighted by Crippen LogP contribution is -2.07. The van der Waals surface area contributed by atoms with Crippen LogP contribution in [-0.4, -0.2) is 16.5 Å². The molecule has 0 radical (unpaired) electrons. The molecule has 104 valence electrons. The van der Waals surface area contributed by atoms with Gasteiger partial charge in [-0.05, 0) is 38.8 Å². The third kappa shape index (κ3) is 2.63. The Morgan fingerprint density at radius 1 is 1.20 bits per heavy atom. The van der Waals surface area contributed by atoms with E-state index in [0.29, 0.717) is 5.92 Å². The van der Waals surface area contributed by atoms with Crippen molar-refractivity contribution in [1.29, 1.82) is 0 Å². The van der Waals surface area contributed by atoms with Crippen LogP contribution in [0.15, 0.2) is 24.3 Å². The second kappa shape index (κ2) is 5.41. The Kier molecular flexibility index (Phi) is 3.62. The molecular weight excluding hydrogens is 270 g/mol. The highest BCUT2D eigenvalue weighted by atomic mass is 35.5. The minimum absolute atomic E-state index is 0.541. The van der Waals surface area contributed by atoms with Gasteiger partial charge in [0.2, 0.25) is 0 Å². The highest BCUT2D eigenvalue weighted by molar-refractivity contribution is 6.30. The van der Waals surface area contributed by atoms with Crippen LogP contribution in [-0.2, 0) is 0 Å². The van der Waals surface area contributed by atoms with Crippen molar-refractivity contribution in [2.45, 2.75) is 32.6 Å². The van der Waals surface area contributed by atoms with Crippen molar-refractivity contribution in [3.8, 4) is 11.3 Å². The van der Waals surface area contributed by atoms with Crippen LogP contribution >= 0.6 is 11.6 Å². The number of nitrogens with zero attached hydrogens (tertiary/aromatic N) is 2. The largest absolute Gasteiger partial charge is 0.370 e. The Hall–Kier alpha value is -1.61. The van der Waals surface area contributed by atoms with Crippen molar-refractivity contribution in [1.82, 2.24) is 9.97 Å². The van der Waals surface area contributed by atoms with Gasteiger partial charge < -0.3 is 5.32 Å². The van der Waals surface area contributed by atoms with Gasteiger partial charge in [-0.2, -0.15) is 0 Å². The summed E-state index contributed by atoms with van der Waals surface area (Å²) in [6.45, 7) is 5.01. The number of hydrogen-bond acceptors (Lipinski definition) is 3. The Morgan fingerprint density at radius 2 is 1.90 bits per heavy atom. The molecule has 1 fully saturated rings. The number of hydrogen-bond donors (Lipinski definition) is 1. The topological polar surface area (TPSA) is 37.8 Å². The summed E-state index contributed by atoms with van der Waals surface area (Å²) in [7, 11) is 0. The molecule has 1 saturated carbocycles. The molecule has 0 aliphatic heterocycles. The van der Waals surface area contributed by atoms with Crippen LogP contribution < -0.4 is 5.32 Å². The summed E-state index contributed by atoms with van der Waals surface area (Å²) in [5.41, 5.74) is 3.20. The number of halogens is 1. The minimum Gasteiger partial charge on any atom is -0.370 e. The fraction of sp³-hybridized carbons (Fsp3) is 0.375. The molecule has 1 aromatic carbocycles. The van der Waals surface area contributed by atoms with Crippen LogP contribution in [0.25, 0.3) is 11.3 Å². The van der Waals surface area contributed by atoms with E-state index in [1.165, 1.54) is 12.8 Å². The molecule has 0 spiro atoms. The van der Waals surface area contributed by atoms with Crippen LogP contribution in [0.5, 0.6) is 0 Å². The van der Waals surface area contributed by atoms with E-state index < -0.39 is 0 Å². The summed E-state index contributed by atoms with van der Waals surface area (Å²) >= 11 is 5.97. The molecule has 1 aliphatic rings. The fourth-order valence-electron chi connectivity index (χ4n) is 2.29. The molecule has 3 nitrogen and oxygen atoms in total. The molecule has 0 saturated heterocycles. The Balaban J connectivity index is 2.09. The summed E-state index contributed by atoms with van der Waals surface area (Å²) in [4.78, 5) is 9.46. The summed E-state index contributed by atoms with van der Waals surface area (Å²) < 4.78 is 0. The standard InChI is InChI=1S/C16H18ClN3/c1-3-18-15-10(2)14(11-6-8-13(17)9-7-11)19-16(20-15)12-4-5-12/h6-9,12H,3-5H2,1-2H3,(H,18,19,20). The number of benzene rings is 1. The molecular formula is C16H18ClN3. The van der Waals surface area contributed by atoms with Crippen molar-refractivity contribution in [2.75, 3.05) is 11.9 Å². The molecule has 0 amide bonds. The van der Waals surface area contributed by atoms with Crippen LogP contribution in [0.3, 0.4) is 0 Å². The molecule has 0 unspecified atom stereocenters. The molecule has 0 atom stereocenters. The fourth-order valence-corrected chi connectivity index (χ4v) is 2.41. The predicted molar refractivity (Wildman–Crippen MR) is 83.4 cm³/mol. The molecule has 4 heteroatoms.